The Morgan fingerprint density at radius 2 is 1.73 bits per heavy atom. The Morgan fingerprint density at radius 1 is 1.00 bits per heavy atom. The summed E-state index contributed by atoms with van der Waals surface area (Å²) in [4.78, 5) is 53.1. The van der Waals surface area contributed by atoms with Gasteiger partial charge < -0.3 is 19.7 Å². The third-order valence-electron chi connectivity index (χ3n) is 11.6. The summed E-state index contributed by atoms with van der Waals surface area (Å²) in [5.74, 6) is -0.0548. The average Bonchev–Trinajstić information content (AvgIpc) is 4.03. The first-order valence-corrected chi connectivity index (χ1v) is 21.3. The number of rotatable bonds is 9. The van der Waals surface area contributed by atoms with Crippen molar-refractivity contribution in [1.29, 1.82) is 0 Å². The Morgan fingerprint density at radius 3 is 2.41 bits per heavy atom. The maximum Gasteiger partial charge on any atom is 0.259 e. The van der Waals surface area contributed by atoms with Gasteiger partial charge in [-0.25, -0.2) is 13.4 Å². The molecule has 13 heteroatoms. The number of ether oxygens (including phenoxy) is 2. The zero-order valence-electron chi connectivity index (χ0n) is 32.9. The molecule has 3 fully saturated rings. The third-order valence-corrected chi connectivity index (χ3v) is 13.7. The number of hydrogen-bond acceptors (Lipinski definition) is 9. The third kappa shape index (κ3) is 8.62. The van der Waals surface area contributed by atoms with Gasteiger partial charge in [-0.15, -0.1) is 0 Å². The number of pyridine rings is 2. The van der Waals surface area contributed by atoms with E-state index in [0.29, 0.717) is 35.9 Å². The van der Waals surface area contributed by atoms with Crippen LogP contribution in [0.2, 0.25) is 0 Å². The lowest BCUT2D eigenvalue weighted by atomic mass is 9.91. The maximum absolute atomic E-state index is 14.4. The largest absolute Gasteiger partial charge is 0.491 e. The SMILES string of the molecule is CC(C)Oc1ccc(-c2cc(O[C@@H]3C[C@H]4C(=O)N[C@]5(C(=O)NS(=O)(=O)C6(C)CC6)C[C@@H]5/C=C\CC[C@H](C)C[C@@H](C)CC(=O)N4C3)cc(-c3cccnc3)n2)cc1. The van der Waals surface area contributed by atoms with Crippen LogP contribution >= 0.6 is 0 Å². The molecule has 1 saturated heterocycles. The van der Waals surface area contributed by atoms with Crippen molar-refractivity contribution in [3.05, 3.63) is 73.1 Å². The van der Waals surface area contributed by atoms with Crippen LogP contribution in [0.25, 0.3) is 22.5 Å². The van der Waals surface area contributed by atoms with Crippen LogP contribution in [0.15, 0.2) is 73.1 Å². The lowest BCUT2D eigenvalue weighted by Gasteiger charge is -2.28. The number of aromatic nitrogens is 2. The Balaban J connectivity index is 1.18. The summed E-state index contributed by atoms with van der Waals surface area (Å²) in [6.45, 7) is 9.97. The zero-order valence-corrected chi connectivity index (χ0v) is 33.7. The quantitative estimate of drug-likeness (QED) is 0.241. The van der Waals surface area contributed by atoms with Gasteiger partial charge in [-0.05, 0) is 108 Å². The van der Waals surface area contributed by atoms with E-state index in [1.54, 1.807) is 24.2 Å². The van der Waals surface area contributed by atoms with E-state index in [1.807, 2.05) is 74.5 Å². The van der Waals surface area contributed by atoms with Crippen molar-refractivity contribution in [3.8, 4) is 34.0 Å². The van der Waals surface area contributed by atoms with Gasteiger partial charge in [0.25, 0.3) is 5.91 Å². The lowest BCUT2D eigenvalue weighted by molar-refractivity contribution is -0.140. The van der Waals surface area contributed by atoms with Gasteiger partial charge in [0.1, 0.15) is 29.2 Å². The number of nitrogens with zero attached hydrogens (tertiary/aromatic N) is 3. The summed E-state index contributed by atoms with van der Waals surface area (Å²) in [5.41, 5.74) is 1.52. The first kappa shape index (κ1) is 39.5. The number of amides is 3. The Hall–Kier alpha value is -4.78. The van der Waals surface area contributed by atoms with Crippen LogP contribution in [0.1, 0.15) is 86.0 Å². The molecule has 3 amide bonds. The fourth-order valence-corrected chi connectivity index (χ4v) is 9.28. The van der Waals surface area contributed by atoms with E-state index >= 15 is 0 Å². The molecule has 0 spiro atoms. The highest BCUT2D eigenvalue weighted by Crippen LogP contribution is 2.47. The molecule has 2 N–H and O–H groups in total. The van der Waals surface area contributed by atoms with Crippen molar-refractivity contribution in [2.24, 2.45) is 17.8 Å². The average molecular weight is 784 g/mol. The highest BCUT2D eigenvalue weighted by atomic mass is 32.2. The van der Waals surface area contributed by atoms with Crippen molar-refractivity contribution in [3.63, 3.8) is 0 Å². The Labute approximate surface area is 329 Å². The van der Waals surface area contributed by atoms with Gasteiger partial charge in [0, 0.05) is 54.4 Å². The molecule has 0 unspecified atom stereocenters. The summed E-state index contributed by atoms with van der Waals surface area (Å²) in [6.07, 6.45) is 11.1. The number of fused-ring (bicyclic) bond motifs is 2. The molecule has 298 valence electrons. The van der Waals surface area contributed by atoms with Gasteiger partial charge in [0.2, 0.25) is 21.8 Å². The number of carbonyl (C=O) groups is 3. The molecule has 6 atom stereocenters. The van der Waals surface area contributed by atoms with E-state index in [4.69, 9.17) is 14.5 Å². The molecule has 2 aromatic heterocycles. The second kappa shape index (κ2) is 15.6. The fraction of sp³-hybridized carbons (Fsp3) is 0.512. The number of hydrogen-bond donors (Lipinski definition) is 2. The van der Waals surface area contributed by atoms with Crippen molar-refractivity contribution in [2.45, 2.75) is 115 Å². The van der Waals surface area contributed by atoms with Gasteiger partial charge in [-0.2, -0.15) is 0 Å². The van der Waals surface area contributed by atoms with E-state index < -0.39 is 44.3 Å². The van der Waals surface area contributed by atoms with Crippen LogP contribution in [0.4, 0.5) is 0 Å². The molecule has 7 rings (SSSR count). The minimum Gasteiger partial charge on any atom is -0.491 e. The van der Waals surface area contributed by atoms with Crippen molar-refractivity contribution in [2.75, 3.05) is 6.54 Å². The number of benzene rings is 1. The molecule has 12 nitrogen and oxygen atoms in total. The summed E-state index contributed by atoms with van der Waals surface area (Å²) in [7, 11) is -3.94. The van der Waals surface area contributed by atoms with Gasteiger partial charge in [0.05, 0.1) is 28.8 Å². The smallest absolute Gasteiger partial charge is 0.259 e. The van der Waals surface area contributed by atoms with Crippen molar-refractivity contribution in [1.82, 2.24) is 24.9 Å². The molecular weight excluding hydrogens is 731 g/mol. The molecule has 56 heavy (non-hydrogen) atoms. The van der Waals surface area contributed by atoms with E-state index in [-0.39, 0.29) is 49.7 Å². The molecule has 0 radical (unpaired) electrons. The maximum atomic E-state index is 14.4. The van der Waals surface area contributed by atoms with Crippen LogP contribution in [-0.2, 0) is 24.4 Å². The van der Waals surface area contributed by atoms with Crippen molar-refractivity contribution >= 4 is 27.7 Å². The lowest BCUT2D eigenvalue weighted by Crippen LogP contribution is -2.57. The molecule has 2 aliphatic heterocycles. The van der Waals surface area contributed by atoms with Crippen molar-refractivity contribution < 1.29 is 32.3 Å². The van der Waals surface area contributed by atoms with Crippen LogP contribution in [-0.4, -0.2) is 76.1 Å². The van der Waals surface area contributed by atoms with Gasteiger partial charge in [-0.1, -0.05) is 26.0 Å². The molecule has 4 aliphatic rings. The molecule has 2 saturated carbocycles. The van der Waals surface area contributed by atoms with Crippen LogP contribution in [0.5, 0.6) is 11.5 Å². The number of sulfonamides is 1. The first-order chi connectivity index (χ1) is 26.6. The normalized spacial score (nSPS) is 28.2. The highest BCUT2D eigenvalue weighted by Gasteiger charge is 2.63. The molecule has 4 heterocycles. The molecule has 1 aromatic carbocycles. The zero-order chi connectivity index (χ0) is 39.8. The predicted octanol–water partition coefficient (Wildman–Crippen LogP) is 6.22. The summed E-state index contributed by atoms with van der Waals surface area (Å²) in [6, 6.07) is 14.2. The monoisotopic (exact) mass is 783 g/mol. The van der Waals surface area contributed by atoms with E-state index in [2.05, 4.69) is 28.9 Å². The second-order valence-corrected chi connectivity index (χ2v) is 19.1. The summed E-state index contributed by atoms with van der Waals surface area (Å²) in [5, 5.41) is 2.96. The topological polar surface area (TPSA) is 157 Å². The van der Waals surface area contributed by atoms with E-state index in [9.17, 15) is 22.8 Å². The molecule has 3 aromatic rings. The molecule has 2 aliphatic carbocycles. The van der Waals surface area contributed by atoms with Crippen LogP contribution in [0, 0.1) is 17.8 Å². The van der Waals surface area contributed by atoms with E-state index in [0.717, 1.165) is 36.1 Å². The minimum atomic E-state index is -3.94. The predicted molar refractivity (Wildman–Crippen MR) is 213 cm³/mol. The van der Waals surface area contributed by atoms with E-state index in [1.165, 1.54) is 0 Å². The standard InChI is InChI=1S/C43H53N5O7S/c1-27(2)54-33-14-12-30(13-15-33)36-21-34(22-37(45-36)31-10-8-18-44-25-31)55-35-23-38-40(50)46-43(41(51)47-56(52,53)42(5)16-17-42)24-32(43)11-7-6-9-28(3)19-29(4)20-39(49)48(38)26-35/h7-8,10-15,18,21-22,25,27-29,32,35,38H,6,9,16-17,19-20,23-24,26H2,1-5H3,(H,46,50)(H,47,51)/b11-7-/t28-,29+,32-,35+,38-,43+/m0/s1. The number of allylic oxidation sites excluding steroid dienone is 1. The van der Waals surface area contributed by atoms with Gasteiger partial charge in [0.15, 0.2) is 0 Å². The highest BCUT2D eigenvalue weighted by molar-refractivity contribution is 7.91. The second-order valence-electron chi connectivity index (χ2n) is 16.9. The fourth-order valence-electron chi connectivity index (χ4n) is 7.97. The summed E-state index contributed by atoms with van der Waals surface area (Å²) < 4.78 is 40.1. The van der Waals surface area contributed by atoms with Gasteiger partial charge in [-0.3, -0.25) is 24.1 Å². The molecule has 0 bridgehead atoms. The minimum absolute atomic E-state index is 0.0338. The van der Waals surface area contributed by atoms with Crippen LogP contribution in [0.3, 0.4) is 0 Å². The number of carbonyl (C=O) groups excluding carboxylic acids is 3. The Kier molecular flexibility index (Phi) is 11.0. The summed E-state index contributed by atoms with van der Waals surface area (Å²) >= 11 is 0. The number of nitrogens with one attached hydrogen (secondary N) is 2. The first-order valence-electron chi connectivity index (χ1n) is 19.9. The molecular formula is C43H53N5O7S. The van der Waals surface area contributed by atoms with Crippen LogP contribution < -0.4 is 19.5 Å². The van der Waals surface area contributed by atoms with Gasteiger partial charge >= 0.3 is 0 Å². The Bertz CT molecular complexity index is 2090.